The molecular weight excluding hydrogens is 300 g/mol. The van der Waals surface area contributed by atoms with Crippen molar-refractivity contribution in [1.29, 1.82) is 0 Å². The molecule has 2 saturated heterocycles. The fraction of sp³-hybridized carbons (Fsp3) is 0.474. The average molecular weight is 324 g/mol. The summed E-state index contributed by atoms with van der Waals surface area (Å²) in [7, 11) is 2.02. The third-order valence-corrected chi connectivity index (χ3v) is 5.34. The Morgan fingerprint density at radius 2 is 2.08 bits per heavy atom. The zero-order chi connectivity index (χ0) is 16.7. The Labute approximate surface area is 142 Å². The monoisotopic (exact) mass is 324 g/mol. The van der Waals surface area contributed by atoms with Crippen LogP contribution in [-0.4, -0.2) is 44.9 Å². The van der Waals surface area contributed by atoms with Crippen LogP contribution in [0.3, 0.4) is 0 Å². The number of benzene rings is 1. The first kappa shape index (κ1) is 15.4. The summed E-state index contributed by atoms with van der Waals surface area (Å²) in [6, 6.07) is 8.46. The van der Waals surface area contributed by atoms with Crippen molar-refractivity contribution < 1.29 is 4.79 Å². The van der Waals surface area contributed by atoms with Gasteiger partial charge in [0.05, 0.1) is 12.5 Å². The highest BCUT2D eigenvalue weighted by Gasteiger charge is 2.46. The highest BCUT2D eigenvalue weighted by Crippen LogP contribution is 2.33. The Kier molecular flexibility index (Phi) is 3.88. The van der Waals surface area contributed by atoms with Crippen LogP contribution in [0.5, 0.6) is 0 Å². The highest BCUT2D eigenvalue weighted by atomic mass is 16.2. The molecule has 5 heteroatoms. The van der Waals surface area contributed by atoms with Gasteiger partial charge in [-0.15, -0.1) is 0 Å². The SMILES string of the molecule is Cc1cccc(CN2C[C@H]3CN(Cc4nccn4C)C[C@H]3C2=O)c1. The fourth-order valence-electron chi connectivity index (χ4n) is 4.08. The molecule has 0 bridgehead atoms. The van der Waals surface area contributed by atoms with Crippen molar-refractivity contribution in [2.75, 3.05) is 19.6 Å². The number of imidazole rings is 1. The lowest BCUT2D eigenvalue weighted by Gasteiger charge is -2.21. The summed E-state index contributed by atoms with van der Waals surface area (Å²) in [4.78, 5) is 21.6. The maximum atomic E-state index is 12.8. The number of hydrogen-bond acceptors (Lipinski definition) is 3. The fourth-order valence-corrected chi connectivity index (χ4v) is 4.08. The second-order valence-electron chi connectivity index (χ2n) is 7.22. The quantitative estimate of drug-likeness (QED) is 0.861. The van der Waals surface area contributed by atoms with E-state index in [4.69, 9.17) is 0 Å². The molecule has 1 aromatic heterocycles. The molecular formula is C19H24N4O. The maximum Gasteiger partial charge on any atom is 0.227 e. The predicted octanol–water partition coefficient (Wildman–Crippen LogP) is 1.82. The van der Waals surface area contributed by atoms with E-state index in [0.29, 0.717) is 11.8 Å². The number of aryl methyl sites for hydroxylation is 2. The van der Waals surface area contributed by atoms with Gasteiger partial charge in [0.2, 0.25) is 5.91 Å². The average Bonchev–Trinajstić information content (AvgIpc) is 3.19. The second kappa shape index (κ2) is 6.06. The van der Waals surface area contributed by atoms with Crippen molar-refractivity contribution in [3.05, 3.63) is 53.6 Å². The van der Waals surface area contributed by atoms with E-state index < -0.39 is 0 Å². The van der Waals surface area contributed by atoms with E-state index in [0.717, 1.165) is 38.5 Å². The van der Waals surface area contributed by atoms with Gasteiger partial charge in [-0.25, -0.2) is 4.98 Å². The molecule has 0 unspecified atom stereocenters. The Balaban J connectivity index is 1.39. The molecule has 2 fully saturated rings. The van der Waals surface area contributed by atoms with Crippen molar-refractivity contribution in [3.8, 4) is 0 Å². The third kappa shape index (κ3) is 2.84. The predicted molar refractivity (Wildman–Crippen MR) is 92.1 cm³/mol. The first-order chi connectivity index (χ1) is 11.6. The Bertz CT molecular complexity index is 753. The van der Waals surface area contributed by atoms with Gasteiger partial charge in [0.1, 0.15) is 5.82 Å². The Hall–Kier alpha value is -2.14. The van der Waals surface area contributed by atoms with Crippen LogP contribution in [0, 0.1) is 18.8 Å². The van der Waals surface area contributed by atoms with E-state index in [-0.39, 0.29) is 5.92 Å². The molecule has 1 amide bonds. The van der Waals surface area contributed by atoms with Gasteiger partial charge in [-0.1, -0.05) is 29.8 Å². The van der Waals surface area contributed by atoms with Gasteiger partial charge < -0.3 is 9.47 Å². The third-order valence-electron chi connectivity index (χ3n) is 5.34. The number of likely N-dealkylation sites (tertiary alicyclic amines) is 2. The summed E-state index contributed by atoms with van der Waals surface area (Å²) in [5.74, 6) is 2.01. The highest BCUT2D eigenvalue weighted by molar-refractivity contribution is 5.82. The number of hydrogen-bond donors (Lipinski definition) is 0. The lowest BCUT2D eigenvalue weighted by Crippen LogP contribution is -2.32. The molecule has 0 saturated carbocycles. The second-order valence-corrected chi connectivity index (χ2v) is 7.22. The van der Waals surface area contributed by atoms with Crippen molar-refractivity contribution in [3.63, 3.8) is 0 Å². The summed E-state index contributed by atoms with van der Waals surface area (Å²) in [5.41, 5.74) is 2.48. The molecule has 126 valence electrons. The van der Waals surface area contributed by atoms with Gasteiger partial charge in [-0.3, -0.25) is 9.69 Å². The van der Waals surface area contributed by atoms with Crippen molar-refractivity contribution in [2.45, 2.75) is 20.0 Å². The topological polar surface area (TPSA) is 41.4 Å². The van der Waals surface area contributed by atoms with Crippen LogP contribution in [-0.2, 0) is 24.9 Å². The lowest BCUT2D eigenvalue weighted by molar-refractivity contribution is -0.131. The zero-order valence-corrected chi connectivity index (χ0v) is 14.4. The van der Waals surface area contributed by atoms with E-state index >= 15 is 0 Å². The first-order valence-electron chi connectivity index (χ1n) is 8.63. The van der Waals surface area contributed by atoms with Crippen LogP contribution in [0.25, 0.3) is 0 Å². The molecule has 0 radical (unpaired) electrons. The summed E-state index contributed by atoms with van der Waals surface area (Å²) < 4.78 is 2.06. The number of nitrogens with zero attached hydrogens (tertiary/aromatic N) is 4. The molecule has 2 atom stereocenters. The van der Waals surface area contributed by atoms with E-state index in [1.807, 2.05) is 24.3 Å². The minimum absolute atomic E-state index is 0.162. The number of carbonyl (C=O) groups excluding carboxylic acids is 1. The smallest absolute Gasteiger partial charge is 0.227 e. The van der Waals surface area contributed by atoms with Crippen molar-refractivity contribution in [2.24, 2.45) is 18.9 Å². The van der Waals surface area contributed by atoms with E-state index in [1.54, 1.807) is 0 Å². The largest absolute Gasteiger partial charge is 0.338 e. The van der Waals surface area contributed by atoms with Crippen molar-refractivity contribution in [1.82, 2.24) is 19.4 Å². The zero-order valence-electron chi connectivity index (χ0n) is 14.4. The maximum absolute atomic E-state index is 12.8. The summed E-state index contributed by atoms with van der Waals surface area (Å²) >= 11 is 0. The molecule has 0 spiro atoms. The molecule has 4 rings (SSSR count). The molecule has 1 aromatic carbocycles. The summed E-state index contributed by atoms with van der Waals surface area (Å²) in [5, 5.41) is 0. The first-order valence-corrected chi connectivity index (χ1v) is 8.63. The van der Waals surface area contributed by atoms with E-state index in [1.165, 1.54) is 11.1 Å². The Morgan fingerprint density at radius 3 is 2.79 bits per heavy atom. The minimum atomic E-state index is 0.162. The standard InChI is InChI=1S/C19H24N4O/c1-14-4-3-5-15(8-14)9-23-11-16-10-22(12-17(16)19(23)24)13-18-20-6-7-21(18)2/h3-8,16-17H,9-13H2,1-2H3/t16-,17-/m1/s1. The van der Waals surface area contributed by atoms with Crippen LogP contribution < -0.4 is 0 Å². The normalized spacial score (nSPS) is 23.9. The van der Waals surface area contributed by atoms with Gasteiger partial charge in [0.25, 0.3) is 0 Å². The van der Waals surface area contributed by atoms with Crippen LogP contribution in [0.4, 0.5) is 0 Å². The number of carbonyl (C=O) groups is 1. The number of rotatable bonds is 4. The van der Waals surface area contributed by atoms with E-state index in [2.05, 4.69) is 45.6 Å². The summed E-state index contributed by atoms with van der Waals surface area (Å²) in [6.07, 6.45) is 3.81. The molecule has 0 N–H and O–H groups in total. The molecule has 0 aliphatic carbocycles. The molecule has 2 aromatic rings. The van der Waals surface area contributed by atoms with Crippen LogP contribution in [0.2, 0.25) is 0 Å². The molecule has 5 nitrogen and oxygen atoms in total. The molecule has 2 aliphatic rings. The lowest BCUT2D eigenvalue weighted by atomic mass is 10.0. The molecule has 24 heavy (non-hydrogen) atoms. The van der Waals surface area contributed by atoms with Crippen LogP contribution >= 0.6 is 0 Å². The minimum Gasteiger partial charge on any atom is -0.338 e. The van der Waals surface area contributed by atoms with Crippen LogP contribution in [0.15, 0.2) is 36.7 Å². The van der Waals surface area contributed by atoms with Gasteiger partial charge in [0, 0.05) is 51.5 Å². The molecule has 3 heterocycles. The number of amides is 1. The Morgan fingerprint density at radius 1 is 1.21 bits per heavy atom. The van der Waals surface area contributed by atoms with Gasteiger partial charge in [0.15, 0.2) is 0 Å². The number of aromatic nitrogens is 2. The van der Waals surface area contributed by atoms with Crippen molar-refractivity contribution >= 4 is 5.91 Å². The number of fused-ring (bicyclic) bond motifs is 1. The summed E-state index contributed by atoms with van der Waals surface area (Å²) in [6.45, 7) is 6.41. The van der Waals surface area contributed by atoms with E-state index in [9.17, 15) is 4.79 Å². The van der Waals surface area contributed by atoms with Gasteiger partial charge in [-0.2, -0.15) is 0 Å². The molecule has 2 aliphatic heterocycles. The van der Waals surface area contributed by atoms with Crippen LogP contribution in [0.1, 0.15) is 17.0 Å². The van der Waals surface area contributed by atoms with Gasteiger partial charge in [-0.05, 0) is 12.5 Å². The van der Waals surface area contributed by atoms with Gasteiger partial charge >= 0.3 is 0 Å².